The molecule has 0 aliphatic rings. The Hall–Kier alpha value is -1.72. The van der Waals surface area contributed by atoms with E-state index in [1.165, 1.54) is 23.5 Å². The number of nitrogens with two attached hydrogens (primary N) is 1. The molecule has 1 aromatic heterocycles. The highest BCUT2D eigenvalue weighted by molar-refractivity contribution is 7.89. The molecule has 3 N–H and O–H groups in total. The molecule has 0 atom stereocenters. The van der Waals surface area contributed by atoms with Crippen molar-refractivity contribution in [2.24, 2.45) is 5.73 Å². The van der Waals surface area contributed by atoms with Crippen molar-refractivity contribution in [3.05, 3.63) is 46.4 Å². The Balaban J connectivity index is 1.98. The van der Waals surface area contributed by atoms with Crippen LogP contribution in [0.25, 0.3) is 0 Å². The third kappa shape index (κ3) is 4.65. The number of hydrogen-bond donors (Lipinski definition) is 2. The fourth-order valence-corrected chi connectivity index (χ4v) is 3.27. The third-order valence-electron chi connectivity index (χ3n) is 2.61. The number of sulfonamides is 1. The van der Waals surface area contributed by atoms with E-state index in [2.05, 4.69) is 21.5 Å². The third-order valence-corrected chi connectivity index (χ3v) is 4.93. The van der Waals surface area contributed by atoms with E-state index in [1.54, 1.807) is 18.3 Å². The second kappa shape index (κ2) is 7.33. The smallest absolute Gasteiger partial charge is 0.240 e. The van der Waals surface area contributed by atoms with Gasteiger partial charge in [-0.15, -0.1) is 11.3 Å². The lowest BCUT2D eigenvalue weighted by Gasteiger charge is -2.05. The molecule has 1 heterocycles. The summed E-state index contributed by atoms with van der Waals surface area (Å²) >= 11 is 1.51. The first-order valence-corrected chi connectivity index (χ1v) is 8.65. The van der Waals surface area contributed by atoms with Gasteiger partial charge in [0.25, 0.3) is 0 Å². The highest BCUT2D eigenvalue weighted by Crippen LogP contribution is 2.10. The van der Waals surface area contributed by atoms with Crippen LogP contribution in [0.4, 0.5) is 0 Å². The molecule has 110 valence electrons. The molecule has 0 amide bonds. The lowest BCUT2D eigenvalue weighted by atomic mass is 10.2. The summed E-state index contributed by atoms with van der Waals surface area (Å²) in [7, 11) is -3.50. The van der Waals surface area contributed by atoms with Crippen LogP contribution in [0.1, 0.15) is 10.6 Å². The van der Waals surface area contributed by atoms with Gasteiger partial charge >= 0.3 is 0 Å². The Bertz CT molecular complexity index is 727. The van der Waals surface area contributed by atoms with Crippen molar-refractivity contribution in [2.45, 2.75) is 11.3 Å². The first-order chi connectivity index (χ1) is 10.1. The molecule has 2 aromatic rings. The monoisotopic (exact) mass is 321 g/mol. The van der Waals surface area contributed by atoms with Crippen LogP contribution in [0.3, 0.4) is 0 Å². The number of nitrogens with zero attached hydrogens (tertiary/aromatic N) is 1. The van der Waals surface area contributed by atoms with Gasteiger partial charge in [0.05, 0.1) is 16.4 Å². The van der Waals surface area contributed by atoms with Crippen LogP contribution in [-0.4, -0.2) is 26.5 Å². The first kappa shape index (κ1) is 15.7. The summed E-state index contributed by atoms with van der Waals surface area (Å²) in [5, 5.41) is 2.77. The molecule has 0 radical (unpaired) electrons. The van der Waals surface area contributed by atoms with Crippen molar-refractivity contribution in [3.63, 3.8) is 0 Å². The van der Waals surface area contributed by atoms with Gasteiger partial charge in [0, 0.05) is 30.1 Å². The lowest BCUT2D eigenvalue weighted by Crippen LogP contribution is -2.25. The predicted octanol–water partition coefficient (Wildman–Crippen LogP) is 0.974. The van der Waals surface area contributed by atoms with Gasteiger partial charge in [0.1, 0.15) is 0 Å². The lowest BCUT2D eigenvalue weighted by molar-refractivity contribution is 0.581. The number of hydrogen-bond acceptors (Lipinski definition) is 5. The van der Waals surface area contributed by atoms with E-state index < -0.39 is 10.0 Å². The second-order valence-electron chi connectivity index (χ2n) is 4.10. The summed E-state index contributed by atoms with van der Waals surface area (Å²) in [6, 6.07) is 6.40. The standard InChI is InChI=1S/C14H15N3O2S2/c15-8-1-2-12-3-5-13(6-4-12)21(18,19)17-9-7-14-16-10-11-20-14/h3-6,10-11,17H,7-9,15H2. The highest BCUT2D eigenvalue weighted by Gasteiger charge is 2.13. The fraction of sp³-hybridized carbons (Fsp3) is 0.214. The van der Waals surface area contributed by atoms with Crippen molar-refractivity contribution in [1.82, 2.24) is 9.71 Å². The topological polar surface area (TPSA) is 85.1 Å². The second-order valence-corrected chi connectivity index (χ2v) is 6.85. The summed E-state index contributed by atoms with van der Waals surface area (Å²) in [4.78, 5) is 4.33. The zero-order valence-corrected chi connectivity index (χ0v) is 12.9. The SMILES string of the molecule is NCC#Cc1ccc(S(=O)(=O)NCCc2nccs2)cc1. The van der Waals surface area contributed by atoms with E-state index in [-0.39, 0.29) is 11.4 Å². The van der Waals surface area contributed by atoms with Gasteiger partial charge in [-0.25, -0.2) is 18.1 Å². The summed E-state index contributed by atoms with van der Waals surface area (Å²) < 4.78 is 26.8. The normalized spacial score (nSPS) is 10.9. The molecule has 0 saturated carbocycles. The van der Waals surface area contributed by atoms with Crippen LogP contribution in [0.5, 0.6) is 0 Å². The van der Waals surface area contributed by atoms with Crippen molar-refractivity contribution in [2.75, 3.05) is 13.1 Å². The number of nitrogens with one attached hydrogen (secondary N) is 1. The van der Waals surface area contributed by atoms with Gasteiger partial charge in [-0.2, -0.15) is 0 Å². The molecule has 7 heteroatoms. The molecule has 0 fully saturated rings. The van der Waals surface area contributed by atoms with E-state index >= 15 is 0 Å². The molecule has 0 spiro atoms. The quantitative estimate of drug-likeness (QED) is 0.804. The van der Waals surface area contributed by atoms with E-state index in [9.17, 15) is 8.42 Å². The van der Waals surface area contributed by atoms with E-state index in [0.29, 0.717) is 13.0 Å². The molecule has 0 aliphatic heterocycles. The zero-order chi connectivity index (χ0) is 15.1. The van der Waals surface area contributed by atoms with E-state index in [1.807, 2.05) is 5.38 Å². The van der Waals surface area contributed by atoms with Crippen LogP contribution in [0.15, 0.2) is 40.7 Å². The summed E-state index contributed by atoms with van der Waals surface area (Å²) in [6.07, 6.45) is 2.28. The Labute approximate surface area is 128 Å². The van der Waals surface area contributed by atoms with Gasteiger partial charge in [-0.1, -0.05) is 11.8 Å². The van der Waals surface area contributed by atoms with Crippen molar-refractivity contribution < 1.29 is 8.42 Å². The van der Waals surface area contributed by atoms with E-state index in [0.717, 1.165) is 10.6 Å². The van der Waals surface area contributed by atoms with Crippen LogP contribution in [0.2, 0.25) is 0 Å². The van der Waals surface area contributed by atoms with Gasteiger partial charge in [-0.05, 0) is 24.3 Å². The van der Waals surface area contributed by atoms with Gasteiger partial charge in [0.2, 0.25) is 10.0 Å². The summed E-state index contributed by atoms with van der Waals surface area (Å²) in [6.45, 7) is 0.600. The molecular weight excluding hydrogens is 306 g/mol. The average Bonchev–Trinajstić information content (AvgIpc) is 2.98. The van der Waals surface area contributed by atoms with Crippen LogP contribution in [0, 0.1) is 11.8 Å². The molecule has 0 aliphatic carbocycles. The minimum absolute atomic E-state index is 0.222. The Kier molecular flexibility index (Phi) is 5.47. The molecule has 0 unspecified atom stereocenters. The van der Waals surface area contributed by atoms with E-state index in [4.69, 9.17) is 5.73 Å². The molecular formula is C14H15N3O2S2. The van der Waals surface area contributed by atoms with Crippen molar-refractivity contribution in [3.8, 4) is 11.8 Å². The molecule has 2 rings (SSSR count). The van der Waals surface area contributed by atoms with Crippen LogP contribution < -0.4 is 10.5 Å². The number of aromatic nitrogens is 1. The maximum absolute atomic E-state index is 12.1. The maximum atomic E-state index is 12.1. The maximum Gasteiger partial charge on any atom is 0.240 e. The molecule has 1 aromatic carbocycles. The van der Waals surface area contributed by atoms with Crippen molar-refractivity contribution >= 4 is 21.4 Å². The Morgan fingerprint density at radius 3 is 2.67 bits per heavy atom. The fourth-order valence-electron chi connectivity index (χ4n) is 1.62. The van der Waals surface area contributed by atoms with Crippen LogP contribution >= 0.6 is 11.3 Å². The minimum Gasteiger partial charge on any atom is -0.320 e. The first-order valence-electron chi connectivity index (χ1n) is 6.29. The largest absolute Gasteiger partial charge is 0.320 e. The number of benzene rings is 1. The minimum atomic E-state index is -3.50. The highest BCUT2D eigenvalue weighted by atomic mass is 32.2. The molecule has 0 saturated heterocycles. The van der Waals surface area contributed by atoms with Gasteiger partial charge in [-0.3, -0.25) is 0 Å². The van der Waals surface area contributed by atoms with Crippen LogP contribution in [-0.2, 0) is 16.4 Å². The molecule has 5 nitrogen and oxygen atoms in total. The summed E-state index contributed by atoms with van der Waals surface area (Å²) in [5.74, 6) is 5.57. The van der Waals surface area contributed by atoms with Gasteiger partial charge in [0.15, 0.2) is 0 Å². The Morgan fingerprint density at radius 1 is 1.29 bits per heavy atom. The summed E-state index contributed by atoms with van der Waals surface area (Å²) in [5.41, 5.74) is 6.02. The molecule has 21 heavy (non-hydrogen) atoms. The average molecular weight is 321 g/mol. The number of thiazole rings is 1. The zero-order valence-electron chi connectivity index (χ0n) is 11.2. The molecule has 0 bridgehead atoms. The number of rotatable bonds is 5. The van der Waals surface area contributed by atoms with Gasteiger partial charge < -0.3 is 5.73 Å². The van der Waals surface area contributed by atoms with Crippen molar-refractivity contribution in [1.29, 1.82) is 0 Å². The Morgan fingerprint density at radius 2 is 2.05 bits per heavy atom. The predicted molar refractivity (Wildman–Crippen MR) is 83.4 cm³/mol.